The number of hydrogen-bond acceptors (Lipinski definition) is 3. The van der Waals surface area contributed by atoms with Crippen molar-refractivity contribution in [2.45, 2.75) is 26.7 Å². The van der Waals surface area contributed by atoms with Crippen molar-refractivity contribution in [1.82, 2.24) is 10.2 Å². The molecule has 1 heterocycles. The first kappa shape index (κ1) is 12.9. The molecular weight excluding hydrogens is 188 g/mol. The van der Waals surface area contributed by atoms with Crippen molar-refractivity contribution in [1.29, 1.82) is 0 Å². The summed E-state index contributed by atoms with van der Waals surface area (Å²) < 4.78 is 5.59. The van der Waals surface area contributed by atoms with E-state index in [1.807, 2.05) is 0 Å². The molecule has 0 spiro atoms. The van der Waals surface area contributed by atoms with Crippen molar-refractivity contribution < 1.29 is 4.74 Å². The van der Waals surface area contributed by atoms with E-state index >= 15 is 0 Å². The molecule has 0 aromatic rings. The van der Waals surface area contributed by atoms with Crippen LogP contribution in [0.5, 0.6) is 0 Å². The van der Waals surface area contributed by atoms with Gasteiger partial charge in [-0.1, -0.05) is 20.3 Å². The summed E-state index contributed by atoms with van der Waals surface area (Å²) in [7, 11) is 0. The van der Waals surface area contributed by atoms with Crippen molar-refractivity contribution >= 4 is 0 Å². The Labute approximate surface area is 94.2 Å². The molecule has 0 aromatic heterocycles. The summed E-state index contributed by atoms with van der Waals surface area (Å²) in [5, 5.41) is 3.46. The zero-order valence-electron chi connectivity index (χ0n) is 10.3. The molecule has 1 aliphatic heterocycles. The van der Waals surface area contributed by atoms with Crippen LogP contribution in [0.1, 0.15) is 26.7 Å². The second kappa shape index (κ2) is 8.08. The summed E-state index contributed by atoms with van der Waals surface area (Å²) in [5.74, 6) is 0.767. The first-order valence-electron chi connectivity index (χ1n) is 6.33. The molecule has 1 rings (SSSR count). The summed E-state index contributed by atoms with van der Waals surface area (Å²) >= 11 is 0. The average Bonchev–Trinajstić information content (AvgIpc) is 2.43. The summed E-state index contributed by atoms with van der Waals surface area (Å²) in [5.41, 5.74) is 0. The first-order valence-corrected chi connectivity index (χ1v) is 6.33. The molecule has 0 aromatic carbocycles. The predicted molar refractivity (Wildman–Crippen MR) is 64.2 cm³/mol. The number of ether oxygens (including phenoxy) is 1. The Hall–Kier alpha value is -0.120. The van der Waals surface area contributed by atoms with Crippen LogP contribution in [-0.4, -0.2) is 50.8 Å². The van der Waals surface area contributed by atoms with Gasteiger partial charge in [-0.05, 0) is 18.9 Å². The van der Waals surface area contributed by atoms with E-state index in [1.165, 1.54) is 25.9 Å². The summed E-state index contributed by atoms with van der Waals surface area (Å²) in [6.45, 7) is 12.1. The minimum Gasteiger partial charge on any atom is -0.380 e. The normalized spacial score (nSPS) is 24.0. The number of hydrogen-bond donors (Lipinski definition) is 1. The maximum absolute atomic E-state index is 5.59. The molecule has 0 bridgehead atoms. The molecule has 90 valence electrons. The third kappa shape index (κ3) is 6.13. The molecule has 3 heteroatoms. The lowest BCUT2D eigenvalue weighted by atomic mass is 10.2. The van der Waals surface area contributed by atoms with Crippen molar-refractivity contribution in [3.8, 4) is 0 Å². The Kier molecular flexibility index (Phi) is 6.98. The fourth-order valence-corrected chi connectivity index (χ4v) is 1.93. The van der Waals surface area contributed by atoms with Gasteiger partial charge in [-0.3, -0.25) is 4.90 Å². The minimum atomic E-state index is 0.767. The average molecular weight is 214 g/mol. The molecule has 3 nitrogen and oxygen atoms in total. The Morgan fingerprint density at radius 3 is 3.07 bits per heavy atom. The molecule has 1 saturated heterocycles. The maximum Gasteiger partial charge on any atom is 0.0593 e. The lowest BCUT2D eigenvalue weighted by Crippen LogP contribution is -2.32. The molecule has 1 unspecified atom stereocenters. The second-order valence-corrected chi connectivity index (χ2v) is 4.58. The van der Waals surface area contributed by atoms with Gasteiger partial charge in [0.2, 0.25) is 0 Å². The van der Waals surface area contributed by atoms with Crippen LogP contribution >= 0.6 is 0 Å². The van der Waals surface area contributed by atoms with Crippen LogP contribution in [0.15, 0.2) is 0 Å². The monoisotopic (exact) mass is 214 g/mol. The van der Waals surface area contributed by atoms with Gasteiger partial charge in [-0.25, -0.2) is 0 Å². The first-order chi connectivity index (χ1) is 7.33. The van der Waals surface area contributed by atoms with Gasteiger partial charge in [-0.15, -0.1) is 0 Å². The Morgan fingerprint density at radius 1 is 1.40 bits per heavy atom. The van der Waals surface area contributed by atoms with Gasteiger partial charge < -0.3 is 10.1 Å². The Morgan fingerprint density at radius 2 is 2.27 bits per heavy atom. The van der Waals surface area contributed by atoms with E-state index in [1.54, 1.807) is 0 Å². The third-order valence-electron chi connectivity index (χ3n) is 2.86. The highest BCUT2D eigenvalue weighted by Crippen LogP contribution is 2.02. The molecular formula is C12H26N2O. The lowest BCUT2D eigenvalue weighted by molar-refractivity contribution is 0.100. The van der Waals surface area contributed by atoms with Crippen LogP contribution in [0, 0.1) is 5.92 Å². The number of nitrogens with zero attached hydrogens (tertiary/aromatic N) is 1. The van der Waals surface area contributed by atoms with Gasteiger partial charge in [0.05, 0.1) is 6.61 Å². The van der Waals surface area contributed by atoms with Crippen molar-refractivity contribution in [2.24, 2.45) is 5.92 Å². The van der Waals surface area contributed by atoms with E-state index in [4.69, 9.17) is 4.74 Å². The van der Waals surface area contributed by atoms with Crippen molar-refractivity contribution in [3.63, 3.8) is 0 Å². The Balaban J connectivity index is 2.03. The minimum absolute atomic E-state index is 0.767. The van der Waals surface area contributed by atoms with Crippen LogP contribution in [0.4, 0.5) is 0 Å². The Bertz CT molecular complexity index is 153. The maximum atomic E-state index is 5.59. The van der Waals surface area contributed by atoms with Crippen molar-refractivity contribution in [2.75, 3.05) is 45.9 Å². The number of unbranched alkanes of at least 4 members (excludes halogenated alkanes) is 1. The van der Waals surface area contributed by atoms with Crippen LogP contribution in [0.2, 0.25) is 0 Å². The third-order valence-corrected chi connectivity index (χ3v) is 2.86. The van der Waals surface area contributed by atoms with E-state index in [-0.39, 0.29) is 0 Å². The van der Waals surface area contributed by atoms with E-state index in [2.05, 4.69) is 24.1 Å². The van der Waals surface area contributed by atoms with Gasteiger partial charge in [0.15, 0.2) is 0 Å². The molecule has 0 radical (unpaired) electrons. The van der Waals surface area contributed by atoms with E-state index in [0.29, 0.717) is 0 Å². The van der Waals surface area contributed by atoms with Gasteiger partial charge in [-0.2, -0.15) is 0 Å². The predicted octanol–water partition coefficient (Wildman–Crippen LogP) is 1.34. The number of rotatable bonds is 6. The van der Waals surface area contributed by atoms with Crippen LogP contribution in [-0.2, 0) is 4.74 Å². The molecule has 1 aliphatic rings. The van der Waals surface area contributed by atoms with Gasteiger partial charge in [0, 0.05) is 32.8 Å². The van der Waals surface area contributed by atoms with Crippen LogP contribution in [0.25, 0.3) is 0 Å². The highest BCUT2D eigenvalue weighted by atomic mass is 16.5. The standard InChI is InChI=1S/C12H26N2O/c1-3-4-8-15-9-7-14-6-5-13-10-12(2)11-14/h12-13H,3-11H2,1-2H3. The molecule has 15 heavy (non-hydrogen) atoms. The van der Waals surface area contributed by atoms with Gasteiger partial charge >= 0.3 is 0 Å². The lowest BCUT2D eigenvalue weighted by Gasteiger charge is -2.21. The van der Waals surface area contributed by atoms with Crippen molar-refractivity contribution in [3.05, 3.63) is 0 Å². The quantitative estimate of drug-likeness (QED) is 0.675. The highest BCUT2D eigenvalue weighted by Gasteiger charge is 2.13. The summed E-state index contributed by atoms with van der Waals surface area (Å²) in [6, 6.07) is 0. The number of nitrogens with one attached hydrogen (secondary N) is 1. The smallest absolute Gasteiger partial charge is 0.0593 e. The van der Waals surface area contributed by atoms with Crippen LogP contribution in [0.3, 0.4) is 0 Å². The topological polar surface area (TPSA) is 24.5 Å². The molecule has 0 amide bonds. The van der Waals surface area contributed by atoms with E-state index < -0.39 is 0 Å². The van der Waals surface area contributed by atoms with Gasteiger partial charge in [0.25, 0.3) is 0 Å². The largest absolute Gasteiger partial charge is 0.380 e. The van der Waals surface area contributed by atoms with E-state index in [0.717, 1.165) is 38.8 Å². The molecule has 1 N–H and O–H groups in total. The summed E-state index contributed by atoms with van der Waals surface area (Å²) in [4.78, 5) is 2.51. The SMILES string of the molecule is CCCCOCCN1CCNCC(C)C1. The van der Waals surface area contributed by atoms with Gasteiger partial charge in [0.1, 0.15) is 0 Å². The molecule has 0 aliphatic carbocycles. The highest BCUT2D eigenvalue weighted by molar-refractivity contribution is 4.70. The second-order valence-electron chi connectivity index (χ2n) is 4.58. The zero-order chi connectivity index (χ0) is 10.9. The fourth-order valence-electron chi connectivity index (χ4n) is 1.93. The van der Waals surface area contributed by atoms with E-state index in [9.17, 15) is 0 Å². The molecule has 0 saturated carbocycles. The molecule has 1 atom stereocenters. The fraction of sp³-hybridized carbons (Fsp3) is 1.00. The molecule has 1 fully saturated rings. The summed E-state index contributed by atoms with van der Waals surface area (Å²) in [6.07, 6.45) is 2.42. The van der Waals surface area contributed by atoms with Crippen LogP contribution < -0.4 is 5.32 Å². The zero-order valence-corrected chi connectivity index (χ0v) is 10.3.